The molecule has 0 aliphatic carbocycles. The second-order valence-electron chi connectivity index (χ2n) is 5.81. The number of carbonyl (C=O) groups excluding carboxylic acids is 2. The molecule has 0 saturated carbocycles. The second kappa shape index (κ2) is 7.45. The molecule has 0 bridgehead atoms. The molecular weight excluding hydrogens is 380 g/mol. The van der Waals surface area contributed by atoms with Gasteiger partial charge in [0.1, 0.15) is 6.33 Å². The number of halogens is 1. The van der Waals surface area contributed by atoms with Gasteiger partial charge in [-0.15, -0.1) is 15.3 Å². The van der Waals surface area contributed by atoms with Crippen LogP contribution in [0.4, 0.5) is 5.82 Å². The topological polar surface area (TPSA) is 101 Å². The van der Waals surface area contributed by atoms with Gasteiger partial charge in [-0.25, -0.2) is 0 Å². The highest BCUT2D eigenvalue weighted by Gasteiger charge is 2.18. The van der Waals surface area contributed by atoms with Crippen LogP contribution >= 0.6 is 11.6 Å². The van der Waals surface area contributed by atoms with Crippen molar-refractivity contribution in [1.82, 2.24) is 25.2 Å². The first-order valence-electron chi connectivity index (χ1n) is 8.24. The monoisotopic (exact) mass is 392 g/mol. The SMILES string of the molecule is O=C(NNc1ccc2nncn2n1)c1ccccc1C(=O)c1ccc(Cl)cc1. The van der Waals surface area contributed by atoms with Gasteiger partial charge in [0.15, 0.2) is 17.2 Å². The Kier molecular flexibility index (Phi) is 4.69. The Bertz CT molecular complexity index is 1170. The summed E-state index contributed by atoms with van der Waals surface area (Å²) < 4.78 is 1.46. The van der Waals surface area contributed by atoms with Crippen molar-refractivity contribution in [2.75, 3.05) is 5.43 Å². The molecule has 0 aliphatic heterocycles. The summed E-state index contributed by atoms with van der Waals surface area (Å²) in [6.07, 6.45) is 1.45. The van der Waals surface area contributed by atoms with Crippen molar-refractivity contribution in [3.63, 3.8) is 0 Å². The highest BCUT2D eigenvalue weighted by molar-refractivity contribution is 6.30. The summed E-state index contributed by atoms with van der Waals surface area (Å²) in [6.45, 7) is 0. The summed E-state index contributed by atoms with van der Waals surface area (Å²) in [5.41, 5.74) is 6.81. The second-order valence-corrected chi connectivity index (χ2v) is 6.25. The number of fused-ring (bicyclic) bond motifs is 1. The molecule has 2 aromatic heterocycles. The smallest absolute Gasteiger partial charge is 0.270 e. The van der Waals surface area contributed by atoms with E-state index < -0.39 is 5.91 Å². The maximum atomic E-state index is 12.8. The zero-order valence-electron chi connectivity index (χ0n) is 14.3. The molecule has 1 amide bonds. The Morgan fingerprint density at radius 2 is 1.68 bits per heavy atom. The largest absolute Gasteiger partial charge is 0.289 e. The van der Waals surface area contributed by atoms with Gasteiger partial charge in [-0.1, -0.05) is 29.8 Å². The number of nitrogens with one attached hydrogen (secondary N) is 2. The van der Waals surface area contributed by atoms with E-state index >= 15 is 0 Å². The van der Waals surface area contributed by atoms with Crippen molar-refractivity contribution in [3.8, 4) is 0 Å². The minimum Gasteiger partial charge on any atom is -0.289 e. The normalized spacial score (nSPS) is 10.6. The lowest BCUT2D eigenvalue weighted by Crippen LogP contribution is -2.31. The van der Waals surface area contributed by atoms with Crippen LogP contribution in [-0.2, 0) is 0 Å². The Hall–Kier alpha value is -3.78. The number of hydrazine groups is 1. The minimum atomic E-state index is -0.469. The summed E-state index contributed by atoms with van der Waals surface area (Å²) >= 11 is 5.87. The molecular formula is C19H13ClN6O2. The molecule has 2 N–H and O–H groups in total. The molecule has 0 atom stereocenters. The number of nitrogens with zero attached hydrogens (tertiary/aromatic N) is 4. The summed E-state index contributed by atoms with van der Waals surface area (Å²) in [6, 6.07) is 16.4. The lowest BCUT2D eigenvalue weighted by atomic mass is 9.98. The number of carbonyl (C=O) groups is 2. The molecule has 0 unspecified atom stereocenters. The van der Waals surface area contributed by atoms with Crippen LogP contribution in [0.25, 0.3) is 5.65 Å². The van der Waals surface area contributed by atoms with Crippen LogP contribution in [0.2, 0.25) is 5.02 Å². The van der Waals surface area contributed by atoms with Gasteiger partial charge in [-0.3, -0.25) is 20.4 Å². The van der Waals surface area contributed by atoms with Gasteiger partial charge in [-0.2, -0.15) is 4.52 Å². The van der Waals surface area contributed by atoms with Crippen LogP contribution in [0.15, 0.2) is 67.0 Å². The number of ketones is 1. The van der Waals surface area contributed by atoms with Crippen molar-refractivity contribution in [1.29, 1.82) is 0 Å². The standard InChI is InChI=1S/C19H13ClN6O2/c20-13-7-5-12(6-8-13)18(27)14-3-1-2-4-15(14)19(28)24-22-16-9-10-17-23-21-11-26(17)25-16/h1-11H,(H,22,25)(H,24,28). The third-order valence-corrected chi connectivity index (χ3v) is 4.24. The van der Waals surface area contributed by atoms with Crippen molar-refractivity contribution in [2.45, 2.75) is 0 Å². The van der Waals surface area contributed by atoms with E-state index in [-0.39, 0.29) is 16.9 Å². The van der Waals surface area contributed by atoms with Crippen LogP contribution in [-0.4, -0.2) is 31.5 Å². The first kappa shape index (κ1) is 17.6. The first-order chi connectivity index (χ1) is 13.6. The predicted octanol–water partition coefficient (Wildman–Crippen LogP) is 2.77. The predicted molar refractivity (Wildman–Crippen MR) is 103 cm³/mol. The van der Waals surface area contributed by atoms with Gasteiger partial charge in [0.05, 0.1) is 5.56 Å². The van der Waals surface area contributed by atoms with Crippen molar-refractivity contribution in [2.24, 2.45) is 0 Å². The molecule has 9 heteroatoms. The Morgan fingerprint density at radius 1 is 0.929 bits per heavy atom. The van der Waals surface area contributed by atoms with Gasteiger partial charge in [0.25, 0.3) is 5.91 Å². The van der Waals surface area contributed by atoms with Crippen molar-refractivity contribution in [3.05, 3.63) is 88.7 Å². The molecule has 4 rings (SSSR count). The van der Waals surface area contributed by atoms with E-state index in [9.17, 15) is 9.59 Å². The molecule has 138 valence electrons. The highest BCUT2D eigenvalue weighted by atomic mass is 35.5. The minimum absolute atomic E-state index is 0.236. The third kappa shape index (κ3) is 3.53. The molecule has 8 nitrogen and oxygen atoms in total. The van der Waals surface area contributed by atoms with Crippen LogP contribution in [0.3, 0.4) is 0 Å². The fourth-order valence-electron chi connectivity index (χ4n) is 2.62. The zero-order valence-corrected chi connectivity index (χ0v) is 15.1. The van der Waals surface area contributed by atoms with Crippen molar-refractivity contribution < 1.29 is 9.59 Å². The van der Waals surface area contributed by atoms with Gasteiger partial charge in [0.2, 0.25) is 0 Å². The number of benzene rings is 2. The van der Waals surface area contributed by atoms with E-state index in [1.54, 1.807) is 60.7 Å². The Labute approximate surface area is 164 Å². The van der Waals surface area contributed by atoms with Crippen LogP contribution in [0, 0.1) is 0 Å². The Morgan fingerprint density at radius 3 is 2.46 bits per heavy atom. The van der Waals surface area contributed by atoms with E-state index in [0.29, 0.717) is 22.1 Å². The van der Waals surface area contributed by atoms with Gasteiger partial charge in [0, 0.05) is 16.1 Å². The van der Waals surface area contributed by atoms with E-state index in [0.717, 1.165) is 0 Å². The van der Waals surface area contributed by atoms with E-state index in [2.05, 4.69) is 26.1 Å². The maximum Gasteiger partial charge on any atom is 0.270 e. The fraction of sp³-hybridized carbons (Fsp3) is 0. The molecule has 2 heterocycles. The number of aromatic nitrogens is 4. The summed E-state index contributed by atoms with van der Waals surface area (Å²) in [5, 5.41) is 12.3. The van der Waals surface area contributed by atoms with Crippen LogP contribution < -0.4 is 10.9 Å². The molecule has 4 aromatic rings. The average molecular weight is 393 g/mol. The molecule has 0 spiro atoms. The summed E-state index contributed by atoms with van der Waals surface area (Å²) in [4.78, 5) is 25.4. The highest BCUT2D eigenvalue weighted by Crippen LogP contribution is 2.17. The van der Waals surface area contributed by atoms with Crippen LogP contribution in [0.1, 0.15) is 26.3 Å². The average Bonchev–Trinajstić information content (AvgIpc) is 3.20. The van der Waals surface area contributed by atoms with E-state index in [1.165, 1.54) is 10.8 Å². The first-order valence-corrected chi connectivity index (χ1v) is 8.62. The quantitative estimate of drug-likeness (QED) is 0.400. The Balaban J connectivity index is 1.54. The number of amides is 1. The molecule has 0 saturated heterocycles. The van der Waals surface area contributed by atoms with Gasteiger partial charge < -0.3 is 0 Å². The third-order valence-electron chi connectivity index (χ3n) is 3.99. The van der Waals surface area contributed by atoms with E-state index in [1.807, 2.05) is 0 Å². The maximum absolute atomic E-state index is 12.8. The molecule has 0 fully saturated rings. The summed E-state index contributed by atoms with van der Waals surface area (Å²) in [7, 11) is 0. The van der Waals surface area contributed by atoms with E-state index in [4.69, 9.17) is 11.6 Å². The summed E-state index contributed by atoms with van der Waals surface area (Å²) in [5.74, 6) is -0.350. The van der Waals surface area contributed by atoms with Crippen LogP contribution in [0.5, 0.6) is 0 Å². The lowest BCUT2D eigenvalue weighted by Gasteiger charge is -2.11. The number of hydrogen-bond acceptors (Lipinski definition) is 6. The molecule has 2 aromatic carbocycles. The molecule has 0 aliphatic rings. The number of anilines is 1. The molecule has 0 radical (unpaired) electrons. The number of hydrogen-bond donors (Lipinski definition) is 2. The molecule has 28 heavy (non-hydrogen) atoms. The van der Waals surface area contributed by atoms with Crippen molar-refractivity contribution >= 4 is 34.8 Å². The fourth-order valence-corrected chi connectivity index (χ4v) is 2.75. The van der Waals surface area contributed by atoms with Gasteiger partial charge >= 0.3 is 0 Å². The lowest BCUT2D eigenvalue weighted by molar-refractivity contribution is 0.0950. The zero-order chi connectivity index (χ0) is 19.5. The van der Waals surface area contributed by atoms with Gasteiger partial charge in [-0.05, 0) is 42.5 Å². The number of rotatable bonds is 5.